The highest BCUT2D eigenvalue weighted by Crippen LogP contribution is 2.29. The summed E-state index contributed by atoms with van der Waals surface area (Å²) in [6, 6.07) is 5.28. The Morgan fingerprint density at radius 2 is 1.93 bits per heavy atom. The maximum absolute atomic E-state index is 12.7. The Kier molecular flexibility index (Phi) is 5.26. The standard InChI is InChI=1S/C18H19N5O6S/c1-29-18(26)22(11-2-4-12(5-3-11)23(27)28)13-6-20(7-13)16(25)15-10-30-17(19-15)21-8-14(24)9-21/h2-5,10,13-14,24H,6-9H2,1H3. The van der Waals surface area contributed by atoms with Crippen LogP contribution in [0, 0.1) is 10.1 Å². The number of aliphatic hydroxyl groups is 1. The number of nitro groups is 1. The molecule has 3 heterocycles. The van der Waals surface area contributed by atoms with Crippen LogP contribution in [0.25, 0.3) is 0 Å². The number of methoxy groups -OCH3 is 1. The minimum atomic E-state index is -0.603. The molecule has 1 N–H and O–H groups in total. The zero-order valence-corrected chi connectivity index (χ0v) is 16.8. The van der Waals surface area contributed by atoms with E-state index >= 15 is 0 Å². The van der Waals surface area contributed by atoms with Crippen LogP contribution in [0.15, 0.2) is 29.6 Å². The number of nitrogens with zero attached hydrogens (tertiary/aromatic N) is 5. The monoisotopic (exact) mass is 433 g/mol. The summed E-state index contributed by atoms with van der Waals surface area (Å²) in [4.78, 5) is 44.5. The predicted molar refractivity (Wildman–Crippen MR) is 108 cm³/mol. The number of rotatable bonds is 5. The van der Waals surface area contributed by atoms with Gasteiger partial charge in [-0.25, -0.2) is 9.78 Å². The Balaban J connectivity index is 1.42. The van der Waals surface area contributed by atoms with E-state index in [0.29, 0.717) is 42.7 Å². The van der Waals surface area contributed by atoms with E-state index in [4.69, 9.17) is 4.74 Å². The molecule has 158 valence electrons. The van der Waals surface area contributed by atoms with Crippen LogP contribution in [-0.4, -0.2) is 77.3 Å². The Morgan fingerprint density at radius 1 is 1.27 bits per heavy atom. The maximum atomic E-state index is 12.7. The van der Waals surface area contributed by atoms with Crippen molar-refractivity contribution in [1.29, 1.82) is 0 Å². The summed E-state index contributed by atoms with van der Waals surface area (Å²) >= 11 is 1.35. The molecule has 1 aromatic carbocycles. The van der Waals surface area contributed by atoms with E-state index in [-0.39, 0.29) is 23.7 Å². The Labute approximate surface area is 175 Å². The molecule has 0 saturated carbocycles. The molecule has 2 aliphatic rings. The van der Waals surface area contributed by atoms with E-state index in [9.17, 15) is 24.8 Å². The zero-order chi connectivity index (χ0) is 21.4. The highest BCUT2D eigenvalue weighted by molar-refractivity contribution is 7.14. The molecule has 30 heavy (non-hydrogen) atoms. The molecule has 1 aromatic heterocycles. The molecule has 12 heteroatoms. The predicted octanol–water partition coefficient (Wildman–Crippen LogP) is 1.33. The highest BCUT2D eigenvalue weighted by Gasteiger charge is 2.40. The number of hydrogen-bond acceptors (Lipinski definition) is 9. The Morgan fingerprint density at radius 3 is 2.50 bits per heavy atom. The lowest BCUT2D eigenvalue weighted by Gasteiger charge is -2.44. The smallest absolute Gasteiger partial charge is 0.414 e. The summed E-state index contributed by atoms with van der Waals surface area (Å²) in [6.07, 6.45) is -0.957. The van der Waals surface area contributed by atoms with Crippen molar-refractivity contribution >= 4 is 39.8 Å². The van der Waals surface area contributed by atoms with Crippen LogP contribution in [-0.2, 0) is 4.74 Å². The number of hydrogen-bond donors (Lipinski definition) is 1. The van der Waals surface area contributed by atoms with Crippen LogP contribution in [0.3, 0.4) is 0 Å². The van der Waals surface area contributed by atoms with E-state index in [0.717, 1.165) is 0 Å². The number of aliphatic hydroxyl groups excluding tert-OH is 1. The van der Waals surface area contributed by atoms with Gasteiger partial charge in [0.15, 0.2) is 5.13 Å². The SMILES string of the molecule is COC(=O)N(c1ccc([N+](=O)[O-])cc1)C1CN(C(=O)c2csc(N3CC(O)C3)n2)C1. The average molecular weight is 433 g/mol. The second kappa shape index (κ2) is 7.88. The normalized spacial score (nSPS) is 16.6. The van der Waals surface area contributed by atoms with Gasteiger partial charge in [-0.15, -0.1) is 11.3 Å². The number of likely N-dealkylation sites (tertiary alicyclic amines) is 1. The molecule has 2 aromatic rings. The fraction of sp³-hybridized carbons (Fsp3) is 0.389. The number of nitro benzene ring substituents is 1. The quantitative estimate of drug-likeness (QED) is 0.552. The Hall–Kier alpha value is -3.25. The highest BCUT2D eigenvalue weighted by atomic mass is 32.1. The fourth-order valence-corrected chi connectivity index (χ4v) is 4.18. The largest absolute Gasteiger partial charge is 0.452 e. The molecular formula is C18H19N5O6S. The first-order valence-electron chi connectivity index (χ1n) is 9.17. The van der Waals surface area contributed by atoms with Gasteiger partial charge in [-0.3, -0.25) is 19.8 Å². The van der Waals surface area contributed by atoms with Crippen molar-refractivity contribution in [2.45, 2.75) is 12.1 Å². The number of amides is 2. The van der Waals surface area contributed by atoms with E-state index in [1.165, 1.54) is 47.6 Å². The first-order chi connectivity index (χ1) is 14.4. The molecule has 0 radical (unpaired) electrons. The summed E-state index contributed by atoms with van der Waals surface area (Å²) < 4.78 is 4.85. The topological polar surface area (TPSA) is 129 Å². The third-order valence-electron chi connectivity index (χ3n) is 5.07. The van der Waals surface area contributed by atoms with Crippen LogP contribution in [0.2, 0.25) is 0 Å². The first-order valence-corrected chi connectivity index (χ1v) is 10.0. The van der Waals surface area contributed by atoms with Crippen LogP contribution in [0.5, 0.6) is 0 Å². The molecular weight excluding hydrogens is 414 g/mol. The van der Waals surface area contributed by atoms with Crippen LogP contribution < -0.4 is 9.80 Å². The number of anilines is 2. The maximum Gasteiger partial charge on any atom is 0.414 e. The van der Waals surface area contributed by atoms with Crippen molar-refractivity contribution in [3.63, 3.8) is 0 Å². The number of ether oxygens (including phenoxy) is 1. The third kappa shape index (κ3) is 3.66. The van der Waals surface area contributed by atoms with Gasteiger partial charge in [0.1, 0.15) is 5.69 Å². The van der Waals surface area contributed by atoms with Crippen molar-refractivity contribution in [1.82, 2.24) is 9.88 Å². The van der Waals surface area contributed by atoms with Gasteiger partial charge in [0.05, 0.1) is 24.2 Å². The van der Waals surface area contributed by atoms with Gasteiger partial charge in [-0.05, 0) is 12.1 Å². The van der Waals surface area contributed by atoms with Gasteiger partial charge in [-0.2, -0.15) is 0 Å². The van der Waals surface area contributed by atoms with Crippen LogP contribution >= 0.6 is 11.3 Å². The number of thiazole rings is 1. The minimum Gasteiger partial charge on any atom is -0.452 e. The molecule has 0 bridgehead atoms. The van der Waals surface area contributed by atoms with Gasteiger partial charge < -0.3 is 19.6 Å². The number of β-amino-alcohol motifs (C(OH)–C–C–N with tert-alkyl or cyclic N) is 1. The number of aromatic nitrogens is 1. The molecule has 2 aliphatic heterocycles. The minimum absolute atomic E-state index is 0.0805. The molecule has 0 atom stereocenters. The number of non-ortho nitro benzene ring substituents is 1. The van der Waals surface area contributed by atoms with Crippen molar-refractivity contribution in [2.75, 3.05) is 43.1 Å². The zero-order valence-electron chi connectivity index (χ0n) is 16.0. The molecule has 0 spiro atoms. The van der Waals surface area contributed by atoms with Crippen LogP contribution in [0.4, 0.5) is 21.3 Å². The van der Waals surface area contributed by atoms with E-state index in [1.54, 1.807) is 10.3 Å². The number of carbonyl (C=O) groups excluding carboxylic acids is 2. The van der Waals surface area contributed by atoms with E-state index < -0.39 is 11.0 Å². The van der Waals surface area contributed by atoms with Crippen molar-refractivity contribution in [2.24, 2.45) is 0 Å². The molecule has 11 nitrogen and oxygen atoms in total. The van der Waals surface area contributed by atoms with Gasteiger partial charge in [-0.1, -0.05) is 0 Å². The summed E-state index contributed by atoms with van der Waals surface area (Å²) in [7, 11) is 1.26. The van der Waals surface area contributed by atoms with Crippen molar-refractivity contribution < 1.29 is 24.4 Å². The van der Waals surface area contributed by atoms with E-state index in [2.05, 4.69) is 4.98 Å². The van der Waals surface area contributed by atoms with Gasteiger partial charge >= 0.3 is 6.09 Å². The lowest BCUT2D eigenvalue weighted by Crippen LogP contribution is -2.62. The van der Waals surface area contributed by atoms with Gasteiger partial charge in [0.25, 0.3) is 11.6 Å². The van der Waals surface area contributed by atoms with Gasteiger partial charge in [0.2, 0.25) is 0 Å². The molecule has 4 rings (SSSR count). The summed E-state index contributed by atoms with van der Waals surface area (Å²) in [5, 5.41) is 22.6. The molecule has 0 aliphatic carbocycles. The van der Waals surface area contributed by atoms with Crippen molar-refractivity contribution in [3.8, 4) is 0 Å². The van der Waals surface area contributed by atoms with Crippen molar-refractivity contribution in [3.05, 3.63) is 45.5 Å². The third-order valence-corrected chi connectivity index (χ3v) is 5.97. The molecule has 2 saturated heterocycles. The molecule has 2 fully saturated rings. The number of carbonyl (C=O) groups is 2. The summed E-state index contributed by atoms with van der Waals surface area (Å²) in [6.45, 7) is 1.60. The van der Waals surface area contributed by atoms with E-state index in [1.807, 2.05) is 4.90 Å². The average Bonchev–Trinajstić information content (AvgIpc) is 3.16. The second-order valence-electron chi connectivity index (χ2n) is 7.05. The second-order valence-corrected chi connectivity index (χ2v) is 7.89. The first kappa shape index (κ1) is 20.0. The summed E-state index contributed by atoms with van der Waals surface area (Å²) in [5.41, 5.74) is 0.703. The lowest BCUT2D eigenvalue weighted by molar-refractivity contribution is -0.384. The van der Waals surface area contributed by atoms with Gasteiger partial charge in [0, 0.05) is 49.4 Å². The fourth-order valence-electron chi connectivity index (χ4n) is 3.36. The van der Waals surface area contributed by atoms with Crippen LogP contribution in [0.1, 0.15) is 10.5 Å². The summed E-state index contributed by atoms with van der Waals surface area (Å²) in [5.74, 6) is -0.233. The lowest BCUT2D eigenvalue weighted by atomic mass is 10.1. The Bertz CT molecular complexity index is 968. The molecule has 0 unspecified atom stereocenters. The number of benzene rings is 1. The molecule has 2 amide bonds.